The van der Waals surface area contributed by atoms with Crippen LogP contribution in [0.15, 0.2) is 17.6 Å². The van der Waals surface area contributed by atoms with E-state index in [-0.39, 0.29) is 12.3 Å². The predicted octanol–water partition coefficient (Wildman–Crippen LogP) is 0.579. The topological polar surface area (TPSA) is 111 Å². The normalized spacial score (nSPS) is 11.8. The Bertz CT molecular complexity index is 635. The summed E-state index contributed by atoms with van der Waals surface area (Å²) in [6.45, 7) is 0.221. The third kappa shape index (κ3) is 2.84. The highest BCUT2D eigenvalue weighted by Crippen LogP contribution is 2.29. The molecule has 0 bridgehead atoms. The van der Waals surface area contributed by atoms with E-state index in [1.165, 1.54) is 11.3 Å². The molecule has 0 aliphatic rings. The molecule has 0 saturated carbocycles. The SMILES string of the molecule is Nc1c(NCCS(N)(=O)=O)ccc2scnc12. The molecule has 0 fully saturated rings. The van der Waals surface area contributed by atoms with Gasteiger partial charge in [-0.25, -0.2) is 18.5 Å². The van der Waals surface area contributed by atoms with Crippen molar-refractivity contribution in [1.29, 1.82) is 0 Å². The zero-order valence-electron chi connectivity index (χ0n) is 8.88. The second kappa shape index (κ2) is 4.47. The van der Waals surface area contributed by atoms with Crippen LogP contribution in [0.5, 0.6) is 0 Å². The highest BCUT2D eigenvalue weighted by atomic mass is 32.2. The summed E-state index contributed by atoms with van der Waals surface area (Å²) in [5, 5.41) is 7.83. The van der Waals surface area contributed by atoms with Gasteiger partial charge in [-0.3, -0.25) is 0 Å². The Morgan fingerprint density at radius 2 is 2.18 bits per heavy atom. The van der Waals surface area contributed by atoms with Gasteiger partial charge in [-0.05, 0) is 12.1 Å². The molecule has 0 atom stereocenters. The standard InChI is InChI=1S/C9H12N4O2S2/c10-8-6(12-3-4-17(11,14)15)1-2-7-9(8)13-5-16-7/h1-2,5,12H,3-4,10H2,(H2,11,14,15). The number of rotatable bonds is 4. The van der Waals surface area contributed by atoms with Gasteiger partial charge in [-0.15, -0.1) is 11.3 Å². The van der Waals surface area contributed by atoms with E-state index in [4.69, 9.17) is 10.9 Å². The Morgan fingerprint density at radius 3 is 2.88 bits per heavy atom. The fourth-order valence-electron chi connectivity index (χ4n) is 1.43. The molecule has 5 N–H and O–H groups in total. The number of nitrogen functional groups attached to an aromatic ring is 1. The fraction of sp³-hybridized carbons (Fsp3) is 0.222. The average Bonchev–Trinajstić information content (AvgIpc) is 2.68. The summed E-state index contributed by atoms with van der Waals surface area (Å²) >= 11 is 1.50. The average molecular weight is 272 g/mol. The zero-order chi connectivity index (χ0) is 12.5. The Hall–Kier alpha value is -1.38. The van der Waals surface area contributed by atoms with Crippen molar-refractivity contribution in [2.24, 2.45) is 5.14 Å². The van der Waals surface area contributed by atoms with Crippen molar-refractivity contribution in [1.82, 2.24) is 4.98 Å². The molecule has 8 heteroatoms. The van der Waals surface area contributed by atoms with E-state index in [0.29, 0.717) is 11.4 Å². The van der Waals surface area contributed by atoms with Crippen LogP contribution in [0.4, 0.5) is 11.4 Å². The number of benzene rings is 1. The molecular formula is C9H12N4O2S2. The summed E-state index contributed by atoms with van der Waals surface area (Å²) in [4.78, 5) is 4.15. The van der Waals surface area contributed by atoms with Crippen LogP contribution in [-0.4, -0.2) is 25.7 Å². The number of anilines is 2. The lowest BCUT2D eigenvalue weighted by Gasteiger charge is -2.08. The number of thiazole rings is 1. The van der Waals surface area contributed by atoms with Crippen LogP contribution in [0.2, 0.25) is 0 Å². The summed E-state index contributed by atoms with van der Waals surface area (Å²) in [7, 11) is -3.46. The second-order valence-corrected chi connectivity index (χ2v) is 6.14. The van der Waals surface area contributed by atoms with Crippen molar-refractivity contribution in [3.8, 4) is 0 Å². The number of hydrogen-bond acceptors (Lipinski definition) is 6. The van der Waals surface area contributed by atoms with Gasteiger partial charge in [-0.1, -0.05) is 0 Å². The number of nitrogens with zero attached hydrogens (tertiary/aromatic N) is 1. The minimum atomic E-state index is -3.46. The van der Waals surface area contributed by atoms with Crippen molar-refractivity contribution in [3.63, 3.8) is 0 Å². The fourth-order valence-corrected chi connectivity index (χ4v) is 2.51. The second-order valence-electron chi connectivity index (χ2n) is 3.52. The summed E-state index contributed by atoms with van der Waals surface area (Å²) in [5.41, 5.74) is 9.56. The predicted molar refractivity (Wildman–Crippen MR) is 70.5 cm³/mol. The van der Waals surface area contributed by atoms with Gasteiger partial charge in [0.1, 0.15) is 5.52 Å². The summed E-state index contributed by atoms with van der Waals surface area (Å²) < 4.78 is 22.5. The van der Waals surface area contributed by atoms with Crippen LogP contribution >= 0.6 is 11.3 Å². The van der Waals surface area contributed by atoms with Gasteiger partial charge in [0.2, 0.25) is 10.0 Å². The van der Waals surface area contributed by atoms with Crippen LogP contribution in [0.25, 0.3) is 10.2 Å². The lowest BCUT2D eigenvalue weighted by Crippen LogP contribution is -2.22. The molecule has 0 amide bonds. The molecular weight excluding hydrogens is 260 g/mol. The van der Waals surface area contributed by atoms with E-state index >= 15 is 0 Å². The quantitative estimate of drug-likeness (QED) is 0.705. The number of primary sulfonamides is 1. The first kappa shape index (κ1) is 12.1. The van der Waals surface area contributed by atoms with Crippen molar-refractivity contribution in [2.75, 3.05) is 23.3 Å². The largest absolute Gasteiger partial charge is 0.395 e. The molecule has 1 aromatic heterocycles. The molecule has 1 heterocycles. The first-order valence-corrected chi connectivity index (χ1v) is 7.43. The number of sulfonamides is 1. The molecule has 1 aromatic carbocycles. The molecule has 0 saturated heterocycles. The maximum atomic E-state index is 10.8. The van der Waals surface area contributed by atoms with Gasteiger partial charge >= 0.3 is 0 Å². The minimum absolute atomic E-state index is 0.137. The lowest BCUT2D eigenvalue weighted by molar-refractivity contribution is 0.598. The number of hydrogen-bond donors (Lipinski definition) is 3. The third-order valence-electron chi connectivity index (χ3n) is 2.24. The molecule has 6 nitrogen and oxygen atoms in total. The highest BCUT2D eigenvalue weighted by Gasteiger charge is 2.07. The Labute approximate surface area is 103 Å². The van der Waals surface area contributed by atoms with E-state index in [9.17, 15) is 8.42 Å². The Morgan fingerprint density at radius 1 is 1.41 bits per heavy atom. The minimum Gasteiger partial charge on any atom is -0.395 e. The number of nitrogens with two attached hydrogens (primary N) is 2. The monoisotopic (exact) mass is 272 g/mol. The van der Waals surface area contributed by atoms with Crippen LogP contribution in [0.1, 0.15) is 0 Å². The molecule has 0 spiro atoms. The summed E-state index contributed by atoms with van der Waals surface area (Å²) in [6.07, 6.45) is 0. The van der Waals surface area contributed by atoms with Gasteiger partial charge in [0, 0.05) is 6.54 Å². The van der Waals surface area contributed by atoms with Gasteiger partial charge in [0.15, 0.2) is 0 Å². The van der Waals surface area contributed by atoms with E-state index in [1.54, 1.807) is 11.6 Å². The maximum Gasteiger partial charge on any atom is 0.210 e. The molecule has 2 aromatic rings. The van der Waals surface area contributed by atoms with Crippen molar-refractivity contribution < 1.29 is 8.42 Å². The zero-order valence-corrected chi connectivity index (χ0v) is 10.5. The van der Waals surface area contributed by atoms with Crippen molar-refractivity contribution in [3.05, 3.63) is 17.6 Å². The number of fused-ring (bicyclic) bond motifs is 1. The third-order valence-corrected chi connectivity index (χ3v) is 3.81. The molecule has 0 aliphatic heterocycles. The smallest absolute Gasteiger partial charge is 0.210 e. The van der Waals surface area contributed by atoms with Crippen LogP contribution < -0.4 is 16.2 Å². The molecule has 2 rings (SSSR count). The van der Waals surface area contributed by atoms with Crippen LogP contribution in [0.3, 0.4) is 0 Å². The van der Waals surface area contributed by atoms with E-state index in [0.717, 1.165) is 10.2 Å². The van der Waals surface area contributed by atoms with Gasteiger partial charge in [-0.2, -0.15) is 0 Å². The first-order chi connectivity index (χ1) is 7.97. The first-order valence-electron chi connectivity index (χ1n) is 4.83. The number of aromatic nitrogens is 1. The molecule has 92 valence electrons. The molecule has 0 unspecified atom stereocenters. The van der Waals surface area contributed by atoms with Crippen LogP contribution in [0, 0.1) is 0 Å². The lowest BCUT2D eigenvalue weighted by atomic mass is 10.2. The molecule has 17 heavy (non-hydrogen) atoms. The van der Waals surface area contributed by atoms with Gasteiger partial charge in [0.05, 0.1) is 27.3 Å². The van der Waals surface area contributed by atoms with Crippen molar-refractivity contribution in [2.45, 2.75) is 0 Å². The summed E-state index contributed by atoms with van der Waals surface area (Å²) in [6, 6.07) is 3.70. The molecule has 0 radical (unpaired) electrons. The van der Waals surface area contributed by atoms with E-state index in [2.05, 4.69) is 10.3 Å². The van der Waals surface area contributed by atoms with E-state index in [1.807, 2.05) is 6.07 Å². The Balaban J connectivity index is 2.16. The Kier molecular flexibility index (Phi) is 3.18. The van der Waals surface area contributed by atoms with Crippen molar-refractivity contribution >= 4 is 43.0 Å². The maximum absolute atomic E-state index is 10.8. The van der Waals surface area contributed by atoms with Crippen LogP contribution in [-0.2, 0) is 10.0 Å². The van der Waals surface area contributed by atoms with E-state index < -0.39 is 10.0 Å². The highest BCUT2D eigenvalue weighted by molar-refractivity contribution is 7.89. The summed E-state index contributed by atoms with van der Waals surface area (Å²) in [5.74, 6) is -0.137. The van der Waals surface area contributed by atoms with Gasteiger partial charge in [0.25, 0.3) is 0 Å². The number of nitrogens with one attached hydrogen (secondary N) is 1. The van der Waals surface area contributed by atoms with Gasteiger partial charge < -0.3 is 11.1 Å². The molecule has 0 aliphatic carbocycles.